The van der Waals surface area contributed by atoms with Crippen LogP contribution in [0.4, 0.5) is 13.2 Å². The van der Waals surface area contributed by atoms with E-state index >= 15 is 0 Å². The topological polar surface area (TPSA) is 42.2 Å². The molecule has 3 nitrogen and oxygen atoms in total. The number of nitrogens with zero attached hydrogens (tertiary/aromatic N) is 1. The van der Waals surface area contributed by atoms with E-state index in [0.717, 1.165) is 12.1 Å². The van der Waals surface area contributed by atoms with Crippen LogP contribution in [0.25, 0.3) is 0 Å². The van der Waals surface area contributed by atoms with Gasteiger partial charge < -0.3 is 9.47 Å². The first-order valence-corrected chi connectivity index (χ1v) is 6.17. The Balaban J connectivity index is 2.02. The molecular formula is C14H14F3NO2. The minimum Gasteiger partial charge on any atom is -0.347 e. The van der Waals surface area contributed by atoms with Crippen molar-refractivity contribution in [1.82, 2.24) is 0 Å². The van der Waals surface area contributed by atoms with E-state index in [2.05, 4.69) is 0 Å². The van der Waals surface area contributed by atoms with Gasteiger partial charge in [-0.3, -0.25) is 0 Å². The Hall–Kier alpha value is -1.58. The van der Waals surface area contributed by atoms with Gasteiger partial charge in [-0.2, -0.15) is 18.4 Å². The molecule has 0 aliphatic carbocycles. The molecule has 0 saturated carbocycles. The summed E-state index contributed by atoms with van der Waals surface area (Å²) >= 11 is 0. The second-order valence-corrected chi connectivity index (χ2v) is 4.92. The van der Waals surface area contributed by atoms with Gasteiger partial charge in [0.15, 0.2) is 5.79 Å². The number of ether oxygens (including phenoxy) is 2. The van der Waals surface area contributed by atoms with Gasteiger partial charge in [-0.25, -0.2) is 0 Å². The van der Waals surface area contributed by atoms with Crippen LogP contribution in [0.1, 0.15) is 24.5 Å². The zero-order valence-corrected chi connectivity index (χ0v) is 10.9. The van der Waals surface area contributed by atoms with E-state index in [1.165, 1.54) is 12.1 Å². The number of alkyl halides is 3. The van der Waals surface area contributed by atoms with Gasteiger partial charge in [0.2, 0.25) is 0 Å². The van der Waals surface area contributed by atoms with Crippen LogP contribution < -0.4 is 0 Å². The number of hydrogen-bond donors (Lipinski definition) is 0. The molecule has 2 atom stereocenters. The normalized spacial score (nSPS) is 26.4. The highest BCUT2D eigenvalue weighted by molar-refractivity contribution is 5.25. The summed E-state index contributed by atoms with van der Waals surface area (Å²) in [5.74, 6) is -0.888. The van der Waals surface area contributed by atoms with Crippen LogP contribution in [0.3, 0.4) is 0 Å². The third kappa shape index (κ3) is 3.50. The maximum absolute atomic E-state index is 12.5. The third-order valence-electron chi connectivity index (χ3n) is 3.12. The lowest BCUT2D eigenvalue weighted by Crippen LogP contribution is -2.29. The molecule has 1 heterocycles. The monoisotopic (exact) mass is 285 g/mol. The fourth-order valence-corrected chi connectivity index (χ4v) is 2.17. The van der Waals surface area contributed by atoms with E-state index < -0.39 is 17.5 Å². The molecule has 0 N–H and O–H groups in total. The summed E-state index contributed by atoms with van der Waals surface area (Å²) < 4.78 is 48.5. The maximum atomic E-state index is 12.5. The first-order valence-electron chi connectivity index (χ1n) is 6.17. The van der Waals surface area contributed by atoms with Gasteiger partial charge in [-0.05, 0) is 24.6 Å². The van der Waals surface area contributed by atoms with Gasteiger partial charge in [0.25, 0.3) is 0 Å². The molecule has 1 aliphatic heterocycles. The van der Waals surface area contributed by atoms with Crippen LogP contribution in [-0.2, 0) is 22.1 Å². The Kier molecular flexibility index (Phi) is 4.02. The largest absolute Gasteiger partial charge is 0.416 e. The van der Waals surface area contributed by atoms with E-state index in [1.54, 1.807) is 6.92 Å². The molecule has 1 fully saturated rings. The van der Waals surface area contributed by atoms with Gasteiger partial charge >= 0.3 is 6.18 Å². The van der Waals surface area contributed by atoms with Crippen LogP contribution in [0.5, 0.6) is 0 Å². The molecule has 2 unspecified atom stereocenters. The van der Waals surface area contributed by atoms with Crippen molar-refractivity contribution < 1.29 is 22.6 Å². The number of hydrogen-bond acceptors (Lipinski definition) is 3. The fraction of sp³-hybridized carbons (Fsp3) is 0.500. The molecule has 1 aromatic carbocycles. The Morgan fingerprint density at radius 1 is 1.35 bits per heavy atom. The highest BCUT2D eigenvalue weighted by Crippen LogP contribution is 2.31. The predicted molar refractivity (Wildman–Crippen MR) is 64.6 cm³/mol. The first-order chi connectivity index (χ1) is 9.32. The molecule has 0 bridgehead atoms. The van der Waals surface area contributed by atoms with E-state index in [9.17, 15) is 13.2 Å². The van der Waals surface area contributed by atoms with Crippen molar-refractivity contribution in [2.75, 3.05) is 6.61 Å². The third-order valence-corrected chi connectivity index (χ3v) is 3.12. The Bertz CT molecular complexity index is 507. The minimum atomic E-state index is -4.33. The van der Waals surface area contributed by atoms with E-state index in [4.69, 9.17) is 14.7 Å². The van der Waals surface area contributed by atoms with Gasteiger partial charge in [0, 0.05) is 6.42 Å². The summed E-state index contributed by atoms with van der Waals surface area (Å²) in [4.78, 5) is 0. The van der Waals surface area contributed by atoms with Crippen LogP contribution in [0, 0.1) is 11.3 Å². The van der Waals surface area contributed by atoms with Crippen molar-refractivity contribution in [2.24, 2.45) is 0 Å². The summed E-state index contributed by atoms with van der Waals surface area (Å²) in [5.41, 5.74) is 0.0140. The summed E-state index contributed by atoms with van der Waals surface area (Å²) in [7, 11) is 0. The molecule has 1 aliphatic rings. The summed E-state index contributed by atoms with van der Waals surface area (Å²) in [6.45, 7) is 2.05. The zero-order valence-electron chi connectivity index (χ0n) is 10.9. The van der Waals surface area contributed by atoms with Crippen LogP contribution in [0.2, 0.25) is 0 Å². The van der Waals surface area contributed by atoms with Crippen LogP contribution in [-0.4, -0.2) is 18.5 Å². The standard InChI is InChI=1S/C14H14F3NO2/c1-13(19-9-12(20-13)6-7-18)8-10-2-4-11(5-3-10)14(15,16)17/h2-5,12H,6,8-9H2,1H3. The van der Waals surface area contributed by atoms with Crippen molar-refractivity contribution in [2.45, 2.75) is 37.8 Å². The molecule has 1 aromatic rings. The summed E-state index contributed by atoms with van der Waals surface area (Å²) in [5, 5.41) is 8.60. The van der Waals surface area contributed by atoms with Gasteiger partial charge in [-0.15, -0.1) is 0 Å². The molecule has 0 amide bonds. The molecule has 0 spiro atoms. The number of nitriles is 1. The quantitative estimate of drug-likeness (QED) is 0.855. The van der Waals surface area contributed by atoms with Crippen molar-refractivity contribution in [1.29, 1.82) is 5.26 Å². The van der Waals surface area contributed by atoms with Crippen molar-refractivity contribution in [3.8, 4) is 6.07 Å². The Morgan fingerprint density at radius 3 is 2.55 bits per heavy atom. The average molecular weight is 285 g/mol. The van der Waals surface area contributed by atoms with Gasteiger partial charge in [0.1, 0.15) is 0 Å². The summed E-state index contributed by atoms with van der Waals surface area (Å²) in [6.07, 6.45) is -4.03. The molecule has 0 aromatic heterocycles. The average Bonchev–Trinajstić information content (AvgIpc) is 2.71. The summed E-state index contributed by atoms with van der Waals surface area (Å²) in [6, 6.07) is 6.92. The second-order valence-electron chi connectivity index (χ2n) is 4.92. The lowest BCUT2D eigenvalue weighted by atomic mass is 10.0. The van der Waals surface area contributed by atoms with E-state index in [1.807, 2.05) is 6.07 Å². The minimum absolute atomic E-state index is 0.239. The van der Waals surface area contributed by atoms with Gasteiger partial charge in [-0.1, -0.05) is 12.1 Å². The zero-order chi connectivity index (χ0) is 14.8. The highest BCUT2D eigenvalue weighted by Gasteiger charge is 2.37. The Morgan fingerprint density at radius 2 is 2.00 bits per heavy atom. The number of rotatable bonds is 3. The second kappa shape index (κ2) is 5.43. The SMILES string of the molecule is CC1(Cc2ccc(C(F)(F)F)cc2)OCC(CC#N)O1. The van der Waals surface area contributed by atoms with Crippen LogP contribution in [0.15, 0.2) is 24.3 Å². The smallest absolute Gasteiger partial charge is 0.347 e. The lowest BCUT2D eigenvalue weighted by Gasteiger charge is -2.23. The van der Waals surface area contributed by atoms with Crippen molar-refractivity contribution in [3.63, 3.8) is 0 Å². The van der Waals surface area contributed by atoms with E-state index in [-0.39, 0.29) is 12.5 Å². The molecule has 108 valence electrons. The molecule has 2 rings (SSSR count). The van der Waals surface area contributed by atoms with Crippen LogP contribution >= 0.6 is 0 Å². The fourth-order valence-electron chi connectivity index (χ4n) is 2.17. The molecular weight excluding hydrogens is 271 g/mol. The number of halogens is 3. The van der Waals surface area contributed by atoms with Crippen molar-refractivity contribution in [3.05, 3.63) is 35.4 Å². The predicted octanol–water partition coefficient (Wildman–Crippen LogP) is 3.29. The lowest BCUT2D eigenvalue weighted by molar-refractivity contribution is -0.151. The molecule has 1 saturated heterocycles. The Labute approximate surface area is 114 Å². The van der Waals surface area contributed by atoms with E-state index in [0.29, 0.717) is 18.6 Å². The van der Waals surface area contributed by atoms with Gasteiger partial charge in [0.05, 0.1) is 30.8 Å². The molecule has 20 heavy (non-hydrogen) atoms. The molecule has 0 radical (unpaired) electrons. The maximum Gasteiger partial charge on any atom is 0.416 e. The number of benzene rings is 1. The van der Waals surface area contributed by atoms with Crippen molar-refractivity contribution >= 4 is 0 Å². The molecule has 6 heteroatoms. The highest BCUT2D eigenvalue weighted by atomic mass is 19.4. The first kappa shape index (κ1) is 14.8.